The van der Waals surface area contributed by atoms with Gasteiger partial charge >= 0.3 is 17.9 Å². The first-order chi connectivity index (χ1) is 23.7. The number of nitrogens with one attached hydrogen (secondary N) is 6. The molecule has 0 aliphatic carbocycles. The molecule has 0 saturated heterocycles. The van der Waals surface area contributed by atoms with Crippen LogP contribution in [0.15, 0.2) is 4.99 Å². The number of carboxylic acids is 3. The molecule has 0 spiro atoms. The summed E-state index contributed by atoms with van der Waals surface area (Å²) < 4.78 is 0. The van der Waals surface area contributed by atoms with Crippen LogP contribution in [0.2, 0.25) is 0 Å². The summed E-state index contributed by atoms with van der Waals surface area (Å²) in [6.45, 7) is 4.16. The molecule has 15 N–H and O–H groups in total. The standard InChI is InChI=1S/C28H48N10O12S/c1-12(2)7-16(25(47)37-17(8-20(40)41)26(48)38-18(27(49)50)9-21(42)43)36-22(44)13(3)34-19(39)10-33-24(46)15(5-4-6-32-28(30)31)35-23(45)14(29)11-51/h12-18,51H,4-11,29H2,1-3H3,(H,33,46)(H,34,39)(H,35,45)(H,36,44)(H,37,47)(H,38,48)(H,40,41)(H,42,43)(H,49,50)(H4,30,31,32)/t13-,14-,15-,16-,17-,18-/m0/s1. The highest BCUT2D eigenvalue weighted by molar-refractivity contribution is 7.80. The van der Waals surface area contributed by atoms with Crippen LogP contribution in [0.5, 0.6) is 0 Å². The second-order valence-corrected chi connectivity index (χ2v) is 12.0. The molecule has 0 fully saturated rings. The van der Waals surface area contributed by atoms with E-state index >= 15 is 0 Å². The number of hydrogen-bond donors (Lipinski definition) is 13. The maximum absolute atomic E-state index is 13.2. The van der Waals surface area contributed by atoms with Gasteiger partial charge in [0.2, 0.25) is 35.4 Å². The predicted octanol–water partition coefficient (Wildman–Crippen LogP) is -5.06. The Labute approximate surface area is 298 Å². The SMILES string of the molecule is CC(C)C[C@H](NC(=O)[C@H](C)NC(=O)CNC(=O)[C@H](CCCN=C(N)N)NC(=O)[C@@H](N)CS)C(=O)N[C@@H](CC(=O)O)C(=O)N[C@@H](CC(=O)O)C(=O)O. The van der Waals surface area contributed by atoms with Crippen LogP contribution in [-0.4, -0.2) is 130 Å². The van der Waals surface area contributed by atoms with Gasteiger partial charge < -0.3 is 64.4 Å². The number of amides is 6. The molecule has 0 aliphatic rings. The minimum Gasteiger partial charge on any atom is -0.481 e. The van der Waals surface area contributed by atoms with Gasteiger partial charge in [-0.25, -0.2) is 4.79 Å². The Kier molecular flexibility index (Phi) is 20.9. The Morgan fingerprint density at radius 3 is 1.71 bits per heavy atom. The van der Waals surface area contributed by atoms with Gasteiger partial charge in [-0.1, -0.05) is 13.8 Å². The molecule has 0 aromatic rings. The van der Waals surface area contributed by atoms with Crippen molar-refractivity contribution in [1.82, 2.24) is 31.9 Å². The zero-order chi connectivity index (χ0) is 39.4. The first-order valence-electron chi connectivity index (χ1n) is 15.5. The number of nitrogens with zero attached hydrogens (tertiary/aromatic N) is 1. The van der Waals surface area contributed by atoms with Crippen molar-refractivity contribution in [3.05, 3.63) is 0 Å². The second kappa shape index (κ2) is 23.3. The van der Waals surface area contributed by atoms with E-state index in [4.69, 9.17) is 22.3 Å². The first kappa shape index (κ1) is 45.8. The van der Waals surface area contributed by atoms with Crippen molar-refractivity contribution >= 4 is 71.9 Å². The summed E-state index contributed by atoms with van der Waals surface area (Å²) in [6, 6.07) is -8.58. The van der Waals surface area contributed by atoms with Crippen molar-refractivity contribution in [2.45, 2.75) is 89.1 Å². The molecule has 0 radical (unpaired) electrons. The zero-order valence-corrected chi connectivity index (χ0v) is 29.2. The monoisotopic (exact) mass is 748 g/mol. The Bertz CT molecular complexity index is 1310. The summed E-state index contributed by atoms with van der Waals surface area (Å²) in [6.07, 6.45) is -1.72. The third-order valence-electron chi connectivity index (χ3n) is 6.65. The van der Waals surface area contributed by atoms with Crippen molar-refractivity contribution in [3.8, 4) is 0 Å². The third-order valence-corrected chi connectivity index (χ3v) is 7.04. The molecule has 0 saturated carbocycles. The molecule has 0 aromatic heterocycles. The van der Waals surface area contributed by atoms with Gasteiger partial charge in [0.1, 0.15) is 30.2 Å². The van der Waals surface area contributed by atoms with Crippen LogP contribution >= 0.6 is 12.6 Å². The minimum atomic E-state index is -1.93. The van der Waals surface area contributed by atoms with Gasteiger partial charge in [0.25, 0.3) is 0 Å². The summed E-state index contributed by atoms with van der Waals surface area (Å²) in [4.78, 5) is 114. The Balaban J connectivity index is 5.55. The molecule has 0 aromatic carbocycles. The first-order valence-corrected chi connectivity index (χ1v) is 16.2. The largest absolute Gasteiger partial charge is 0.481 e. The highest BCUT2D eigenvalue weighted by Crippen LogP contribution is 2.08. The maximum Gasteiger partial charge on any atom is 0.326 e. The van der Waals surface area contributed by atoms with E-state index in [1.807, 2.05) is 5.32 Å². The topological polar surface area (TPSA) is 377 Å². The number of aliphatic imine (C=N–C) groups is 1. The average Bonchev–Trinajstić information content (AvgIpc) is 3.02. The fraction of sp³-hybridized carbons (Fsp3) is 0.643. The molecule has 0 rings (SSSR count). The van der Waals surface area contributed by atoms with Crippen LogP contribution in [0, 0.1) is 5.92 Å². The third kappa shape index (κ3) is 19.6. The van der Waals surface area contributed by atoms with Crippen LogP contribution in [0.3, 0.4) is 0 Å². The lowest BCUT2D eigenvalue weighted by Crippen LogP contribution is -2.58. The average molecular weight is 749 g/mol. The molecule has 288 valence electrons. The zero-order valence-electron chi connectivity index (χ0n) is 28.3. The van der Waals surface area contributed by atoms with Gasteiger partial charge in [-0.05, 0) is 32.1 Å². The van der Waals surface area contributed by atoms with Gasteiger partial charge in [0.05, 0.1) is 25.4 Å². The molecule has 0 heterocycles. The number of aliphatic carboxylic acids is 3. The minimum absolute atomic E-state index is 0.00370. The van der Waals surface area contributed by atoms with E-state index in [1.165, 1.54) is 6.92 Å². The van der Waals surface area contributed by atoms with Gasteiger partial charge in [0, 0.05) is 12.3 Å². The Hall–Kier alpha value is -5.19. The number of carboxylic acid groups (broad SMARTS) is 3. The number of carbonyl (C=O) groups excluding carboxylic acids is 6. The van der Waals surface area contributed by atoms with Gasteiger partial charge in [-0.3, -0.25) is 43.3 Å². The molecular weight excluding hydrogens is 700 g/mol. The van der Waals surface area contributed by atoms with E-state index in [9.17, 15) is 53.4 Å². The van der Waals surface area contributed by atoms with Crippen LogP contribution < -0.4 is 49.1 Å². The molecule has 6 amide bonds. The van der Waals surface area contributed by atoms with Gasteiger partial charge in [-0.15, -0.1) is 0 Å². The highest BCUT2D eigenvalue weighted by atomic mass is 32.1. The van der Waals surface area contributed by atoms with Crippen LogP contribution in [0.1, 0.15) is 52.9 Å². The number of hydrogen-bond acceptors (Lipinski definition) is 12. The van der Waals surface area contributed by atoms with Gasteiger partial charge in [0.15, 0.2) is 5.96 Å². The highest BCUT2D eigenvalue weighted by Gasteiger charge is 2.33. The molecule has 22 nitrogen and oxygen atoms in total. The lowest BCUT2D eigenvalue weighted by Gasteiger charge is -2.25. The van der Waals surface area contributed by atoms with E-state index in [0.29, 0.717) is 0 Å². The molecule has 0 unspecified atom stereocenters. The molecule has 0 aliphatic heterocycles. The number of thiol groups is 1. The Morgan fingerprint density at radius 1 is 0.686 bits per heavy atom. The number of nitrogens with two attached hydrogens (primary N) is 3. The smallest absolute Gasteiger partial charge is 0.326 e. The summed E-state index contributed by atoms with van der Waals surface area (Å²) in [7, 11) is 0. The summed E-state index contributed by atoms with van der Waals surface area (Å²) in [5, 5.41) is 40.9. The molecule has 0 bridgehead atoms. The lowest BCUT2D eigenvalue weighted by atomic mass is 10.0. The summed E-state index contributed by atoms with van der Waals surface area (Å²) in [5.41, 5.74) is 16.2. The van der Waals surface area contributed by atoms with Crippen LogP contribution in [0.4, 0.5) is 0 Å². The van der Waals surface area contributed by atoms with Crippen molar-refractivity contribution in [2.24, 2.45) is 28.1 Å². The number of guanidine groups is 1. The fourth-order valence-corrected chi connectivity index (χ4v) is 4.25. The molecule has 51 heavy (non-hydrogen) atoms. The van der Waals surface area contributed by atoms with Crippen molar-refractivity contribution in [1.29, 1.82) is 0 Å². The molecule has 6 atom stereocenters. The number of rotatable bonds is 24. The van der Waals surface area contributed by atoms with E-state index < -0.39 is 109 Å². The normalized spacial score (nSPS) is 14.2. The second-order valence-electron chi connectivity index (χ2n) is 11.7. The summed E-state index contributed by atoms with van der Waals surface area (Å²) in [5.74, 6) is -10.7. The molecule has 23 heteroatoms. The van der Waals surface area contributed by atoms with Crippen molar-refractivity contribution < 1.29 is 58.5 Å². The summed E-state index contributed by atoms with van der Waals surface area (Å²) >= 11 is 3.95. The van der Waals surface area contributed by atoms with E-state index in [0.717, 1.165) is 0 Å². The fourth-order valence-electron chi connectivity index (χ4n) is 4.09. The van der Waals surface area contributed by atoms with Crippen LogP contribution in [0.25, 0.3) is 0 Å². The van der Waals surface area contributed by atoms with Crippen molar-refractivity contribution in [3.63, 3.8) is 0 Å². The maximum atomic E-state index is 13.2. The Morgan fingerprint density at radius 2 is 1.20 bits per heavy atom. The molecular formula is C28H48N10O12S. The lowest BCUT2D eigenvalue weighted by molar-refractivity contribution is -0.148. The quantitative estimate of drug-likeness (QED) is 0.0190. The number of carbonyl (C=O) groups is 9. The predicted molar refractivity (Wildman–Crippen MR) is 182 cm³/mol. The van der Waals surface area contributed by atoms with E-state index in [1.54, 1.807) is 13.8 Å². The van der Waals surface area contributed by atoms with Gasteiger partial charge in [-0.2, -0.15) is 12.6 Å². The van der Waals surface area contributed by atoms with Crippen molar-refractivity contribution in [2.75, 3.05) is 18.8 Å². The van der Waals surface area contributed by atoms with E-state index in [-0.39, 0.29) is 43.4 Å². The van der Waals surface area contributed by atoms with E-state index in [2.05, 4.69) is 44.2 Å². The van der Waals surface area contributed by atoms with Crippen LogP contribution in [-0.2, 0) is 43.2 Å².